The zero-order valence-electron chi connectivity index (χ0n) is 19.0. The highest BCUT2D eigenvalue weighted by Crippen LogP contribution is 2.32. The molecule has 174 valence electrons. The van der Waals surface area contributed by atoms with E-state index in [0.29, 0.717) is 25.4 Å². The Bertz CT molecular complexity index is 1090. The Morgan fingerprint density at radius 1 is 1.00 bits per heavy atom. The fourth-order valence-electron chi connectivity index (χ4n) is 3.61. The number of carbonyl (C=O) groups is 1. The highest BCUT2D eigenvalue weighted by Gasteiger charge is 2.10. The minimum atomic E-state index is -1.16. The average Bonchev–Trinajstić information content (AvgIpc) is 2.77. The monoisotopic (exact) mass is 453 g/mol. The number of nitrogens with one attached hydrogen (secondary N) is 1. The van der Waals surface area contributed by atoms with Gasteiger partial charge in [-0.1, -0.05) is 18.2 Å². The molecule has 0 spiro atoms. The third-order valence-corrected chi connectivity index (χ3v) is 5.06. The largest absolute Gasteiger partial charge is 0.491 e. The number of aryl methyl sites for hydroxylation is 2. The van der Waals surface area contributed by atoms with Gasteiger partial charge in [0.05, 0.1) is 6.61 Å². The summed E-state index contributed by atoms with van der Waals surface area (Å²) in [6.45, 7) is 5.08. The average molecular weight is 454 g/mol. The Kier molecular flexibility index (Phi) is 8.27. The molecule has 0 aromatic heterocycles. The molecular weight excluding hydrogens is 425 g/mol. The lowest BCUT2D eigenvalue weighted by molar-refractivity contribution is -0.139. The number of hydrogen-bond donors (Lipinski definition) is 2. The molecule has 0 fully saturated rings. The van der Waals surface area contributed by atoms with Crippen molar-refractivity contribution in [2.75, 3.05) is 32.2 Å². The van der Waals surface area contributed by atoms with E-state index in [2.05, 4.69) is 31.3 Å². The Hall–Kier alpha value is -3.58. The predicted molar refractivity (Wildman–Crippen MR) is 126 cm³/mol. The van der Waals surface area contributed by atoms with Crippen molar-refractivity contribution in [2.24, 2.45) is 0 Å². The van der Waals surface area contributed by atoms with Crippen molar-refractivity contribution in [3.8, 4) is 22.6 Å². The molecule has 3 aromatic rings. The fourth-order valence-corrected chi connectivity index (χ4v) is 3.61. The smallest absolute Gasteiger partial charge is 0.341 e. The number of carboxylic acid groups (broad SMARTS) is 1. The van der Waals surface area contributed by atoms with Crippen molar-refractivity contribution >= 4 is 11.7 Å². The minimum absolute atomic E-state index is 0.0921. The molecule has 2 N–H and O–H groups in total. The second kappa shape index (κ2) is 11.3. The summed E-state index contributed by atoms with van der Waals surface area (Å²) in [6, 6.07) is 16.6. The first-order chi connectivity index (χ1) is 15.9. The summed E-state index contributed by atoms with van der Waals surface area (Å²) >= 11 is 0. The van der Waals surface area contributed by atoms with E-state index in [1.807, 2.05) is 24.3 Å². The first-order valence-electron chi connectivity index (χ1n) is 10.6. The Labute approximate surface area is 192 Å². The van der Waals surface area contributed by atoms with Gasteiger partial charge in [-0.3, -0.25) is 0 Å². The summed E-state index contributed by atoms with van der Waals surface area (Å²) in [5, 5.41) is 11.9. The van der Waals surface area contributed by atoms with Crippen molar-refractivity contribution < 1.29 is 28.5 Å². The number of anilines is 1. The minimum Gasteiger partial charge on any atom is -0.491 e. The normalized spacial score (nSPS) is 10.7. The van der Waals surface area contributed by atoms with Crippen LogP contribution < -0.4 is 14.8 Å². The van der Waals surface area contributed by atoms with E-state index in [1.54, 1.807) is 13.2 Å². The molecule has 33 heavy (non-hydrogen) atoms. The number of ether oxygens (including phenoxy) is 3. The lowest BCUT2D eigenvalue weighted by atomic mass is 9.94. The second-order valence-corrected chi connectivity index (χ2v) is 7.65. The van der Waals surface area contributed by atoms with Gasteiger partial charge in [0.2, 0.25) is 0 Å². The van der Waals surface area contributed by atoms with Gasteiger partial charge in [0.25, 0.3) is 0 Å². The van der Waals surface area contributed by atoms with Gasteiger partial charge in [0, 0.05) is 25.4 Å². The molecule has 0 atom stereocenters. The van der Waals surface area contributed by atoms with E-state index in [0.717, 1.165) is 33.6 Å². The van der Waals surface area contributed by atoms with Crippen LogP contribution in [0.25, 0.3) is 11.1 Å². The summed E-state index contributed by atoms with van der Waals surface area (Å²) in [5.74, 6) is -1.05. The fraction of sp³-hybridized carbons (Fsp3) is 0.269. The molecular formula is C26H28FNO5. The molecule has 3 aromatic carbocycles. The summed E-state index contributed by atoms with van der Waals surface area (Å²) < 4.78 is 29.9. The van der Waals surface area contributed by atoms with Crippen molar-refractivity contribution in [3.05, 3.63) is 77.1 Å². The van der Waals surface area contributed by atoms with Gasteiger partial charge in [-0.2, -0.15) is 0 Å². The van der Waals surface area contributed by atoms with Crippen molar-refractivity contribution in [2.45, 2.75) is 20.4 Å². The molecule has 7 heteroatoms. The van der Waals surface area contributed by atoms with Crippen LogP contribution in [0, 0.1) is 19.7 Å². The summed E-state index contributed by atoms with van der Waals surface area (Å²) in [7, 11) is 1.65. The molecule has 3 rings (SSSR count). The van der Waals surface area contributed by atoms with Crippen molar-refractivity contribution in [1.82, 2.24) is 0 Å². The van der Waals surface area contributed by atoms with Gasteiger partial charge in [0.15, 0.2) is 18.2 Å². The van der Waals surface area contributed by atoms with E-state index >= 15 is 0 Å². The van der Waals surface area contributed by atoms with Crippen molar-refractivity contribution in [3.63, 3.8) is 0 Å². The number of halogens is 1. The number of hydrogen-bond acceptors (Lipinski definition) is 5. The van der Waals surface area contributed by atoms with Gasteiger partial charge in [-0.05, 0) is 72.0 Å². The Morgan fingerprint density at radius 2 is 1.76 bits per heavy atom. The number of rotatable bonds is 11. The molecule has 0 saturated carbocycles. The van der Waals surface area contributed by atoms with Crippen LogP contribution >= 0.6 is 0 Å². The maximum Gasteiger partial charge on any atom is 0.341 e. The SMILES string of the molecule is COCCOc1cc(C)c(-c2cccc(CNc3ccc(OCC(=O)O)c(F)c3)c2)c(C)c1. The molecule has 6 nitrogen and oxygen atoms in total. The number of methoxy groups -OCH3 is 1. The van der Waals surface area contributed by atoms with Gasteiger partial charge in [-0.25, -0.2) is 9.18 Å². The highest BCUT2D eigenvalue weighted by atomic mass is 19.1. The molecule has 0 radical (unpaired) electrons. The molecule has 0 aliphatic heterocycles. The molecule has 0 unspecified atom stereocenters. The van der Waals surface area contributed by atoms with Crippen molar-refractivity contribution in [1.29, 1.82) is 0 Å². The highest BCUT2D eigenvalue weighted by molar-refractivity contribution is 5.72. The number of carboxylic acids is 1. The van der Waals surface area contributed by atoms with Gasteiger partial charge in [-0.15, -0.1) is 0 Å². The quantitative estimate of drug-likeness (QED) is 0.388. The van der Waals surface area contributed by atoms with Crippen LogP contribution in [0.2, 0.25) is 0 Å². The van der Waals surface area contributed by atoms with Crippen LogP contribution in [0.5, 0.6) is 11.5 Å². The first kappa shape index (κ1) is 24.1. The lowest BCUT2D eigenvalue weighted by Crippen LogP contribution is -2.10. The molecule has 0 amide bonds. The van der Waals surface area contributed by atoms with Crippen LogP contribution in [-0.2, 0) is 16.1 Å². The second-order valence-electron chi connectivity index (χ2n) is 7.65. The zero-order chi connectivity index (χ0) is 23.8. The summed E-state index contributed by atoms with van der Waals surface area (Å²) in [5.41, 5.74) is 6.10. The van der Waals surface area contributed by atoms with E-state index < -0.39 is 18.4 Å². The van der Waals surface area contributed by atoms with Gasteiger partial charge >= 0.3 is 5.97 Å². The molecule has 0 aliphatic rings. The Balaban J connectivity index is 1.70. The van der Waals surface area contributed by atoms with Gasteiger partial charge in [0.1, 0.15) is 12.4 Å². The van der Waals surface area contributed by atoms with Crippen LogP contribution in [-0.4, -0.2) is 38.0 Å². The first-order valence-corrected chi connectivity index (χ1v) is 10.6. The van der Waals surface area contributed by atoms with Crippen LogP contribution in [0.1, 0.15) is 16.7 Å². The Morgan fingerprint density at radius 3 is 2.42 bits per heavy atom. The topological polar surface area (TPSA) is 77.0 Å². The summed E-state index contributed by atoms with van der Waals surface area (Å²) in [4.78, 5) is 10.6. The van der Waals surface area contributed by atoms with E-state index in [-0.39, 0.29) is 5.75 Å². The molecule has 0 saturated heterocycles. The summed E-state index contributed by atoms with van der Waals surface area (Å²) in [6.07, 6.45) is 0. The number of benzene rings is 3. The van der Waals surface area contributed by atoms with Crippen LogP contribution in [0.3, 0.4) is 0 Å². The third kappa shape index (κ3) is 6.70. The standard InChI is InChI=1S/C26H28FNO5/c1-17-11-22(32-10-9-31-3)12-18(2)26(17)20-6-4-5-19(13-20)15-28-21-7-8-24(23(27)14-21)33-16-25(29)30/h4-8,11-14,28H,9-10,15-16H2,1-3H3,(H,29,30). The lowest BCUT2D eigenvalue weighted by Gasteiger charge is -2.15. The van der Waals surface area contributed by atoms with Gasteiger partial charge < -0.3 is 24.6 Å². The van der Waals surface area contributed by atoms with E-state index in [9.17, 15) is 9.18 Å². The maximum atomic E-state index is 14.2. The molecule has 0 aliphatic carbocycles. The predicted octanol–water partition coefficient (Wildman–Crippen LogP) is 5.21. The maximum absolute atomic E-state index is 14.2. The zero-order valence-corrected chi connectivity index (χ0v) is 19.0. The third-order valence-electron chi connectivity index (χ3n) is 5.06. The van der Waals surface area contributed by atoms with Crippen LogP contribution in [0.4, 0.5) is 10.1 Å². The van der Waals surface area contributed by atoms with E-state index in [4.69, 9.17) is 19.3 Å². The molecule has 0 heterocycles. The molecule has 0 bridgehead atoms. The van der Waals surface area contributed by atoms with E-state index in [1.165, 1.54) is 12.1 Å². The van der Waals surface area contributed by atoms with Crippen LogP contribution in [0.15, 0.2) is 54.6 Å². The number of aliphatic carboxylic acids is 1.